The molecular formula is C27H42N2OS. The predicted octanol–water partition coefficient (Wildman–Crippen LogP) is 6.85. The maximum absolute atomic E-state index is 5.73. The van der Waals surface area contributed by atoms with E-state index in [0.717, 1.165) is 25.2 Å². The van der Waals surface area contributed by atoms with E-state index < -0.39 is 0 Å². The van der Waals surface area contributed by atoms with Crippen LogP contribution in [0.1, 0.15) is 76.4 Å². The summed E-state index contributed by atoms with van der Waals surface area (Å²) in [7, 11) is 1.84. The Morgan fingerprint density at radius 1 is 1.23 bits per heavy atom. The van der Waals surface area contributed by atoms with Gasteiger partial charge in [0.25, 0.3) is 0 Å². The summed E-state index contributed by atoms with van der Waals surface area (Å²) in [5.74, 6) is 0.666. The average molecular weight is 443 g/mol. The van der Waals surface area contributed by atoms with Crippen molar-refractivity contribution in [2.24, 2.45) is 11.3 Å². The summed E-state index contributed by atoms with van der Waals surface area (Å²) in [4.78, 5) is 8.82. The van der Waals surface area contributed by atoms with Gasteiger partial charge in [0, 0.05) is 36.0 Å². The van der Waals surface area contributed by atoms with E-state index in [-0.39, 0.29) is 11.1 Å². The molecule has 3 heterocycles. The first-order chi connectivity index (χ1) is 14.6. The molecular weight excluding hydrogens is 400 g/mol. The first-order valence-corrected chi connectivity index (χ1v) is 12.7. The Bertz CT molecular complexity index is 812. The first kappa shape index (κ1) is 24.4. The number of pyridine rings is 1. The Morgan fingerprint density at radius 2 is 2.00 bits per heavy atom. The number of rotatable bonds is 10. The number of aryl methyl sites for hydroxylation is 2. The van der Waals surface area contributed by atoms with Gasteiger partial charge in [0.2, 0.25) is 0 Å². The maximum atomic E-state index is 5.73. The Morgan fingerprint density at radius 3 is 2.61 bits per heavy atom. The quantitative estimate of drug-likeness (QED) is 0.402. The molecule has 1 aliphatic rings. The van der Waals surface area contributed by atoms with Crippen LogP contribution in [0.15, 0.2) is 35.8 Å². The van der Waals surface area contributed by atoms with Crippen LogP contribution in [0.5, 0.6) is 0 Å². The highest BCUT2D eigenvalue weighted by Gasteiger charge is 2.46. The number of aromatic nitrogens is 1. The van der Waals surface area contributed by atoms with Crippen molar-refractivity contribution in [1.29, 1.82) is 0 Å². The second-order valence-corrected chi connectivity index (χ2v) is 11.8. The van der Waals surface area contributed by atoms with Crippen LogP contribution in [0.3, 0.4) is 0 Å². The van der Waals surface area contributed by atoms with Crippen LogP contribution in [-0.2, 0) is 16.7 Å². The topological polar surface area (TPSA) is 25.4 Å². The Kier molecular flexibility index (Phi) is 7.66. The van der Waals surface area contributed by atoms with Crippen molar-refractivity contribution in [1.82, 2.24) is 9.88 Å². The van der Waals surface area contributed by atoms with Crippen LogP contribution in [0.2, 0.25) is 0 Å². The van der Waals surface area contributed by atoms with E-state index in [1.807, 2.05) is 18.4 Å². The second-order valence-electron chi connectivity index (χ2n) is 10.8. The number of hydrogen-bond donors (Lipinski definition) is 0. The number of ether oxygens (including phenoxy) is 1. The number of nitrogens with zero attached hydrogens (tertiary/aromatic N) is 2. The van der Waals surface area contributed by atoms with Crippen molar-refractivity contribution in [3.05, 3.63) is 52.0 Å². The third-order valence-electron chi connectivity index (χ3n) is 8.02. The van der Waals surface area contributed by atoms with Gasteiger partial charge in [0.15, 0.2) is 0 Å². The lowest BCUT2D eigenvalue weighted by atomic mass is 9.69. The minimum Gasteiger partial charge on any atom is -0.379 e. The molecule has 0 N–H and O–H groups in total. The number of likely N-dealkylation sites (tertiary alicyclic amines) is 1. The van der Waals surface area contributed by atoms with E-state index in [4.69, 9.17) is 4.74 Å². The molecule has 3 nitrogen and oxygen atoms in total. The molecule has 0 saturated carbocycles. The normalized spacial score (nSPS) is 21.5. The van der Waals surface area contributed by atoms with Crippen molar-refractivity contribution in [2.75, 3.05) is 20.2 Å². The molecule has 0 aliphatic carbocycles. The first-order valence-electron chi connectivity index (χ1n) is 11.8. The summed E-state index contributed by atoms with van der Waals surface area (Å²) in [6.45, 7) is 16.0. The summed E-state index contributed by atoms with van der Waals surface area (Å²) in [5.41, 5.74) is 2.70. The van der Waals surface area contributed by atoms with Crippen molar-refractivity contribution < 1.29 is 4.74 Å². The van der Waals surface area contributed by atoms with Gasteiger partial charge in [-0.1, -0.05) is 19.1 Å². The molecule has 172 valence electrons. The van der Waals surface area contributed by atoms with E-state index in [2.05, 4.69) is 87.3 Å². The van der Waals surface area contributed by atoms with Gasteiger partial charge in [-0.3, -0.25) is 9.88 Å². The lowest BCUT2D eigenvalue weighted by Crippen LogP contribution is -2.43. The number of methoxy groups -OCH3 is 1. The van der Waals surface area contributed by atoms with Crippen molar-refractivity contribution in [2.45, 2.75) is 84.8 Å². The number of hydrogen-bond acceptors (Lipinski definition) is 4. The van der Waals surface area contributed by atoms with Gasteiger partial charge in [-0.15, -0.1) is 11.3 Å². The Labute approximate surface area is 194 Å². The fraction of sp³-hybridized carbons (Fsp3) is 0.667. The molecule has 3 rings (SSSR count). The van der Waals surface area contributed by atoms with Gasteiger partial charge < -0.3 is 4.74 Å². The molecule has 1 aliphatic heterocycles. The molecule has 1 unspecified atom stereocenters. The zero-order valence-electron chi connectivity index (χ0n) is 20.7. The predicted molar refractivity (Wildman–Crippen MR) is 133 cm³/mol. The molecule has 1 saturated heterocycles. The van der Waals surface area contributed by atoms with Gasteiger partial charge in [-0.2, -0.15) is 0 Å². The molecule has 2 aromatic rings. The molecule has 2 aromatic heterocycles. The standard InChI is InChI=1S/C27H42N2OS/c1-21(12-14-25(3,4)30-7)27(15-13-24-9-8-18-31-24)16-17-29(20-27)26(5,6)23-11-10-22(2)28-19-23/h8-11,18-19,21H,12-17,20H2,1-7H3/t21?,27-/m0/s1. The monoisotopic (exact) mass is 442 g/mol. The van der Waals surface area contributed by atoms with Gasteiger partial charge in [-0.05, 0) is 108 Å². The second kappa shape index (κ2) is 9.72. The minimum atomic E-state index is -0.0473. The lowest BCUT2D eigenvalue weighted by Gasteiger charge is -2.41. The van der Waals surface area contributed by atoms with Gasteiger partial charge in [-0.25, -0.2) is 0 Å². The highest BCUT2D eigenvalue weighted by atomic mass is 32.1. The molecule has 1 fully saturated rings. The molecule has 0 spiro atoms. The van der Waals surface area contributed by atoms with Crippen LogP contribution in [-0.4, -0.2) is 35.7 Å². The molecule has 0 aromatic carbocycles. The van der Waals surface area contributed by atoms with Gasteiger partial charge >= 0.3 is 0 Å². The smallest absolute Gasteiger partial charge is 0.0622 e. The molecule has 0 bridgehead atoms. The van der Waals surface area contributed by atoms with E-state index >= 15 is 0 Å². The molecule has 2 atom stereocenters. The average Bonchev–Trinajstić information content (AvgIpc) is 3.42. The van der Waals surface area contributed by atoms with E-state index in [1.165, 1.54) is 36.1 Å². The van der Waals surface area contributed by atoms with Gasteiger partial charge in [0.1, 0.15) is 0 Å². The van der Waals surface area contributed by atoms with Crippen LogP contribution < -0.4 is 0 Å². The minimum absolute atomic E-state index is 0.00307. The van der Waals surface area contributed by atoms with Crippen LogP contribution in [0.25, 0.3) is 0 Å². The largest absolute Gasteiger partial charge is 0.379 e. The highest BCUT2D eigenvalue weighted by Crippen LogP contribution is 2.48. The summed E-state index contributed by atoms with van der Waals surface area (Å²) in [5, 5.41) is 2.21. The number of thiophene rings is 1. The third-order valence-corrected chi connectivity index (χ3v) is 8.96. The zero-order valence-corrected chi connectivity index (χ0v) is 21.5. The molecule has 0 radical (unpaired) electrons. The van der Waals surface area contributed by atoms with E-state index in [0.29, 0.717) is 11.3 Å². The molecule has 31 heavy (non-hydrogen) atoms. The Hall–Kier alpha value is -1.23. The van der Waals surface area contributed by atoms with Crippen LogP contribution in [0.4, 0.5) is 0 Å². The summed E-state index contributed by atoms with van der Waals surface area (Å²) in [6.07, 6.45) is 8.13. The van der Waals surface area contributed by atoms with E-state index in [9.17, 15) is 0 Å². The van der Waals surface area contributed by atoms with E-state index in [1.54, 1.807) is 0 Å². The van der Waals surface area contributed by atoms with Crippen LogP contribution in [0, 0.1) is 18.3 Å². The van der Waals surface area contributed by atoms with Crippen molar-refractivity contribution in [3.63, 3.8) is 0 Å². The van der Waals surface area contributed by atoms with Crippen molar-refractivity contribution in [3.8, 4) is 0 Å². The van der Waals surface area contributed by atoms with Gasteiger partial charge in [0.05, 0.1) is 5.60 Å². The third kappa shape index (κ3) is 5.77. The summed E-state index contributed by atoms with van der Waals surface area (Å²) < 4.78 is 5.73. The molecule has 4 heteroatoms. The molecule has 0 amide bonds. The van der Waals surface area contributed by atoms with Crippen LogP contribution >= 0.6 is 11.3 Å². The summed E-state index contributed by atoms with van der Waals surface area (Å²) in [6, 6.07) is 8.89. The fourth-order valence-electron chi connectivity index (χ4n) is 5.04. The maximum Gasteiger partial charge on any atom is 0.0622 e. The SMILES string of the molecule is COC(C)(C)CCC(C)[C@@]1(CCc2cccs2)CCN(C(C)(C)c2ccc(C)nc2)C1. The van der Waals surface area contributed by atoms with Crippen molar-refractivity contribution >= 4 is 11.3 Å². The lowest BCUT2D eigenvalue weighted by molar-refractivity contribution is 0.00290. The summed E-state index contributed by atoms with van der Waals surface area (Å²) >= 11 is 1.90. The Balaban J connectivity index is 1.78. The highest BCUT2D eigenvalue weighted by molar-refractivity contribution is 7.09. The fourth-order valence-corrected chi connectivity index (χ4v) is 5.75. The zero-order chi connectivity index (χ0) is 22.7.